The predicted octanol–water partition coefficient (Wildman–Crippen LogP) is 3.51. The molecule has 0 aliphatic carbocycles. The lowest BCUT2D eigenvalue weighted by Crippen LogP contribution is -2.46. The van der Waals surface area contributed by atoms with Crippen molar-refractivity contribution in [2.24, 2.45) is 0 Å². The standard InChI is InChI=1S/C28H29N5O4/c1-36-25-16-8-7-15-24(25)33(26(34)19-32-23-14-6-5-13-22(23)30-31-32)27(20-10-3-2-4-11-20)28(35)29-18-21-12-9-17-37-21/h2-8,10-11,13-16,21,27H,9,12,17-19H2,1H3,(H,29,35)/t21-,27+/m0/s1. The highest BCUT2D eigenvalue weighted by molar-refractivity contribution is 6.02. The molecule has 0 bridgehead atoms. The second kappa shape index (κ2) is 11.2. The van der Waals surface area contributed by atoms with Gasteiger partial charge in [-0.3, -0.25) is 14.5 Å². The van der Waals surface area contributed by atoms with Gasteiger partial charge in [-0.25, -0.2) is 4.68 Å². The molecule has 2 atom stereocenters. The molecule has 9 nitrogen and oxygen atoms in total. The molecule has 1 fully saturated rings. The molecule has 2 amide bonds. The Hall–Kier alpha value is -4.24. The fraction of sp³-hybridized carbons (Fsp3) is 0.286. The van der Waals surface area contributed by atoms with Gasteiger partial charge in [-0.1, -0.05) is 59.8 Å². The Balaban J connectivity index is 1.55. The largest absolute Gasteiger partial charge is 0.495 e. The van der Waals surface area contributed by atoms with Crippen molar-refractivity contribution < 1.29 is 19.1 Å². The van der Waals surface area contributed by atoms with E-state index >= 15 is 0 Å². The van der Waals surface area contributed by atoms with E-state index in [0.717, 1.165) is 18.4 Å². The zero-order valence-corrected chi connectivity index (χ0v) is 20.6. The van der Waals surface area contributed by atoms with E-state index < -0.39 is 6.04 Å². The summed E-state index contributed by atoms with van der Waals surface area (Å²) < 4.78 is 12.9. The Morgan fingerprint density at radius 1 is 1.08 bits per heavy atom. The molecular formula is C28H29N5O4. The molecular weight excluding hydrogens is 470 g/mol. The number of para-hydroxylation sites is 3. The molecule has 3 aromatic carbocycles. The van der Waals surface area contributed by atoms with Crippen molar-refractivity contribution in [3.63, 3.8) is 0 Å². The van der Waals surface area contributed by atoms with E-state index in [-0.39, 0.29) is 24.5 Å². The van der Waals surface area contributed by atoms with Gasteiger partial charge in [0.2, 0.25) is 11.8 Å². The third-order valence-corrected chi connectivity index (χ3v) is 6.47. The van der Waals surface area contributed by atoms with Gasteiger partial charge in [0.1, 0.15) is 23.9 Å². The van der Waals surface area contributed by atoms with Gasteiger partial charge in [-0.05, 0) is 42.7 Å². The Labute approximate surface area is 215 Å². The molecule has 2 heterocycles. The minimum Gasteiger partial charge on any atom is -0.495 e. The summed E-state index contributed by atoms with van der Waals surface area (Å²) in [5, 5.41) is 11.4. The van der Waals surface area contributed by atoms with Crippen molar-refractivity contribution in [2.75, 3.05) is 25.2 Å². The summed E-state index contributed by atoms with van der Waals surface area (Å²) in [6, 6.07) is 23.0. The van der Waals surface area contributed by atoms with E-state index in [9.17, 15) is 9.59 Å². The van der Waals surface area contributed by atoms with Crippen molar-refractivity contribution in [1.29, 1.82) is 0 Å². The zero-order chi connectivity index (χ0) is 25.6. The third-order valence-electron chi connectivity index (χ3n) is 6.47. The first kappa shape index (κ1) is 24.5. The average Bonchev–Trinajstić information content (AvgIpc) is 3.61. The normalized spacial score (nSPS) is 15.9. The van der Waals surface area contributed by atoms with E-state index in [0.29, 0.717) is 35.7 Å². The number of methoxy groups -OCH3 is 1. The smallest absolute Gasteiger partial charge is 0.249 e. The molecule has 1 aliphatic rings. The van der Waals surface area contributed by atoms with Gasteiger partial charge in [0.15, 0.2) is 0 Å². The number of nitrogens with zero attached hydrogens (tertiary/aromatic N) is 4. The number of carbonyl (C=O) groups excluding carboxylic acids is 2. The van der Waals surface area contributed by atoms with E-state index in [1.54, 1.807) is 23.9 Å². The summed E-state index contributed by atoms with van der Waals surface area (Å²) in [5.41, 5.74) is 2.58. The maximum absolute atomic E-state index is 14.1. The van der Waals surface area contributed by atoms with Crippen LogP contribution in [0, 0.1) is 0 Å². The Morgan fingerprint density at radius 2 is 1.84 bits per heavy atom. The molecule has 0 saturated carbocycles. The molecule has 1 aliphatic heterocycles. The van der Waals surface area contributed by atoms with Crippen LogP contribution in [0.5, 0.6) is 5.75 Å². The van der Waals surface area contributed by atoms with Crippen LogP contribution >= 0.6 is 0 Å². The molecule has 37 heavy (non-hydrogen) atoms. The van der Waals surface area contributed by atoms with E-state index in [1.807, 2.05) is 66.7 Å². The van der Waals surface area contributed by atoms with Gasteiger partial charge in [0.05, 0.1) is 24.4 Å². The number of carbonyl (C=O) groups is 2. The monoisotopic (exact) mass is 499 g/mol. The molecule has 1 saturated heterocycles. The van der Waals surface area contributed by atoms with Crippen LogP contribution in [0.3, 0.4) is 0 Å². The average molecular weight is 500 g/mol. The minimum absolute atomic E-state index is 0.0303. The molecule has 0 unspecified atom stereocenters. The van der Waals surface area contributed by atoms with Gasteiger partial charge in [0, 0.05) is 13.2 Å². The maximum atomic E-state index is 14.1. The first-order valence-corrected chi connectivity index (χ1v) is 12.3. The number of nitrogens with one attached hydrogen (secondary N) is 1. The van der Waals surface area contributed by atoms with Crippen LogP contribution in [0.2, 0.25) is 0 Å². The van der Waals surface area contributed by atoms with Gasteiger partial charge in [0.25, 0.3) is 0 Å². The highest BCUT2D eigenvalue weighted by Gasteiger charge is 2.35. The zero-order valence-electron chi connectivity index (χ0n) is 20.6. The van der Waals surface area contributed by atoms with Gasteiger partial charge in [-0.2, -0.15) is 0 Å². The number of anilines is 1. The Bertz CT molecular complexity index is 1370. The molecule has 5 rings (SSSR count). The van der Waals surface area contributed by atoms with Crippen LogP contribution in [0.25, 0.3) is 11.0 Å². The molecule has 1 N–H and O–H groups in total. The molecule has 9 heteroatoms. The molecule has 4 aromatic rings. The summed E-state index contributed by atoms with van der Waals surface area (Å²) in [6.45, 7) is 0.963. The lowest BCUT2D eigenvalue weighted by Gasteiger charge is -2.32. The number of hydrogen-bond acceptors (Lipinski definition) is 6. The van der Waals surface area contributed by atoms with Crippen molar-refractivity contribution in [1.82, 2.24) is 20.3 Å². The highest BCUT2D eigenvalue weighted by atomic mass is 16.5. The summed E-state index contributed by atoms with van der Waals surface area (Å²) in [5.74, 6) is -0.155. The van der Waals surface area contributed by atoms with E-state index in [4.69, 9.17) is 9.47 Å². The number of fused-ring (bicyclic) bond motifs is 1. The van der Waals surface area contributed by atoms with E-state index in [2.05, 4.69) is 15.6 Å². The number of rotatable bonds is 9. The summed E-state index contributed by atoms with van der Waals surface area (Å²) in [4.78, 5) is 29.4. The number of benzene rings is 3. The highest BCUT2D eigenvalue weighted by Crippen LogP contribution is 2.35. The minimum atomic E-state index is -0.943. The van der Waals surface area contributed by atoms with Crippen LogP contribution < -0.4 is 15.0 Å². The quantitative estimate of drug-likeness (QED) is 0.379. The maximum Gasteiger partial charge on any atom is 0.249 e. The second-order valence-corrected chi connectivity index (χ2v) is 8.86. The number of ether oxygens (including phenoxy) is 2. The molecule has 1 aromatic heterocycles. The summed E-state index contributed by atoms with van der Waals surface area (Å²) in [7, 11) is 1.54. The second-order valence-electron chi connectivity index (χ2n) is 8.86. The fourth-order valence-electron chi connectivity index (χ4n) is 4.65. The molecule has 190 valence electrons. The number of amides is 2. The van der Waals surface area contributed by atoms with Crippen LogP contribution in [0.1, 0.15) is 24.4 Å². The first-order chi connectivity index (χ1) is 18.2. The Kier molecular flexibility index (Phi) is 7.41. The lowest BCUT2D eigenvalue weighted by atomic mass is 10.0. The van der Waals surface area contributed by atoms with Gasteiger partial charge in [-0.15, -0.1) is 5.10 Å². The van der Waals surface area contributed by atoms with Crippen LogP contribution in [-0.4, -0.2) is 53.2 Å². The van der Waals surface area contributed by atoms with Crippen molar-refractivity contribution in [2.45, 2.75) is 31.5 Å². The van der Waals surface area contributed by atoms with Gasteiger partial charge < -0.3 is 14.8 Å². The topological polar surface area (TPSA) is 98.6 Å². The summed E-state index contributed by atoms with van der Waals surface area (Å²) >= 11 is 0. The fourth-order valence-corrected chi connectivity index (χ4v) is 4.65. The van der Waals surface area contributed by atoms with E-state index in [1.165, 1.54) is 4.90 Å². The number of aromatic nitrogens is 3. The molecule has 0 spiro atoms. The number of hydrogen-bond donors (Lipinski definition) is 1. The Morgan fingerprint density at radius 3 is 2.62 bits per heavy atom. The van der Waals surface area contributed by atoms with Crippen LogP contribution in [0.4, 0.5) is 5.69 Å². The van der Waals surface area contributed by atoms with Crippen molar-refractivity contribution >= 4 is 28.5 Å². The third kappa shape index (κ3) is 5.31. The SMILES string of the molecule is COc1ccccc1N(C(=O)Cn1nnc2ccccc21)[C@@H](C(=O)NC[C@@H]1CCCO1)c1ccccc1. The summed E-state index contributed by atoms with van der Waals surface area (Å²) in [6.07, 6.45) is 1.84. The van der Waals surface area contributed by atoms with Crippen LogP contribution in [-0.2, 0) is 20.9 Å². The predicted molar refractivity (Wildman–Crippen MR) is 139 cm³/mol. The van der Waals surface area contributed by atoms with Gasteiger partial charge >= 0.3 is 0 Å². The van der Waals surface area contributed by atoms with Crippen molar-refractivity contribution in [3.05, 3.63) is 84.4 Å². The van der Waals surface area contributed by atoms with Crippen molar-refractivity contribution in [3.8, 4) is 5.75 Å². The lowest BCUT2D eigenvalue weighted by molar-refractivity contribution is -0.127. The molecule has 0 radical (unpaired) electrons. The first-order valence-electron chi connectivity index (χ1n) is 12.3. The van der Waals surface area contributed by atoms with Crippen LogP contribution in [0.15, 0.2) is 78.9 Å².